The lowest BCUT2D eigenvalue weighted by molar-refractivity contribution is 0.105. The molecule has 0 aromatic heterocycles. The molecule has 4 nitrogen and oxygen atoms in total. The van der Waals surface area contributed by atoms with Crippen molar-refractivity contribution in [3.63, 3.8) is 0 Å². The Morgan fingerprint density at radius 1 is 1.10 bits per heavy atom. The molecular formula is C17H26N2O2. The summed E-state index contributed by atoms with van der Waals surface area (Å²) in [4.78, 5) is 2.60. The van der Waals surface area contributed by atoms with Gasteiger partial charge in [-0.05, 0) is 44.7 Å². The number of hydrogen-bond donors (Lipinski definition) is 1. The number of ether oxygens (including phenoxy) is 2. The second kappa shape index (κ2) is 6.67. The fourth-order valence-electron chi connectivity index (χ4n) is 3.79. The highest BCUT2D eigenvalue weighted by molar-refractivity contribution is 5.39. The average molecular weight is 290 g/mol. The van der Waals surface area contributed by atoms with Crippen LogP contribution in [0.4, 0.5) is 0 Å². The molecule has 2 unspecified atom stereocenters. The van der Waals surface area contributed by atoms with Crippen LogP contribution in [0.25, 0.3) is 0 Å². The largest absolute Gasteiger partial charge is 0.490 e. The van der Waals surface area contributed by atoms with Crippen LogP contribution in [0, 0.1) is 0 Å². The molecule has 0 amide bonds. The van der Waals surface area contributed by atoms with Crippen molar-refractivity contribution in [3.05, 3.63) is 24.3 Å². The lowest BCUT2D eigenvalue weighted by atomic mass is 9.98. The molecule has 116 valence electrons. The predicted molar refractivity (Wildman–Crippen MR) is 83.8 cm³/mol. The van der Waals surface area contributed by atoms with Crippen molar-refractivity contribution in [1.82, 2.24) is 4.90 Å². The molecule has 1 aromatic carbocycles. The van der Waals surface area contributed by atoms with Gasteiger partial charge in [-0.15, -0.1) is 0 Å². The van der Waals surface area contributed by atoms with Crippen LogP contribution in [0.5, 0.6) is 11.5 Å². The first-order valence-corrected chi connectivity index (χ1v) is 8.14. The smallest absolute Gasteiger partial charge is 0.161 e. The normalized spacial score (nSPS) is 28.6. The Hall–Kier alpha value is -1.26. The molecule has 0 aliphatic carbocycles. The summed E-state index contributed by atoms with van der Waals surface area (Å²) in [6.45, 7) is 4.36. The van der Waals surface area contributed by atoms with Crippen molar-refractivity contribution in [2.45, 2.75) is 50.7 Å². The maximum absolute atomic E-state index is 6.12. The Labute approximate surface area is 127 Å². The minimum Gasteiger partial charge on any atom is -0.490 e. The van der Waals surface area contributed by atoms with Gasteiger partial charge in [0.05, 0.1) is 6.61 Å². The summed E-state index contributed by atoms with van der Waals surface area (Å²) in [5, 5.41) is 0. The van der Waals surface area contributed by atoms with E-state index in [0.717, 1.165) is 30.9 Å². The average Bonchev–Trinajstić information content (AvgIpc) is 2.72. The van der Waals surface area contributed by atoms with Crippen LogP contribution in [0.1, 0.15) is 32.6 Å². The van der Waals surface area contributed by atoms with Crippen molar-refractivity contribution < 1.29 is 9.47 Å². The molecule has 2 aliphatic rings. The Bertz CT molecular complexity index is 452. The second-order valence-electron chi connectivity index (χ2n) is 6.08. The summed E-state index contributed by atoms with van der Waals surface area (Å²) in [5.41, 5.74) is 6.12. The summed E-state index contributed by atoms with van der Waals surface area (Å²) in [6, 6.07) is 9.65. The molecule has 2 atom stereocenters. The molecule has 2 heterocycles. The van der Waals surface area contributed by atoms with Crippen LogP contribution < -0.4 is 15.2 Å². The first-order chi connectivity index (χ1) is 10.3. The van der Waals surface area contributed by atoms with Gasteiger partial charge in [-0.3, -0.25) is 4.90 Å². The van der Waals surface area contributed by atoms with E-state index in [-0.39, 0.29) is 0 Å². The van der Waals surface area contributed by atoms with E-state index in [4.69, 9.17) is 15.2 Å². The fourth-order valence-corrected chi connectivity index (χ4v) is 3.79. The number of rotatable bonds is 6. The van der Waals surface area contributed by atoms with Crippen molar-refractivity contribution in [3.8, 4) is 11.5 Å². The first-order valence-electron chi connectivity index (χ1n) is 8.14. The van der Waals surface area contributed by atoms with Gasteiger partial charge in [0.2, 0.25) is 0 Å². The van der Waals surface area contributed by atoms with E-state index in [1.807, 2.05) is 31.2 Å². The van der Waals surface area contributed by atoms with Crippen LogP contribution in [-0.4, -0.2) is 42.8 Å². The molecule has 1 aromatic rings. The van der Waals surface area contributed by atoms with Crippen LogP contribution in [-0.2, 0) is 0 Å². The van der Waals surface area contributed by atoms with Gasteiger partial charge in [-0.1, -0.05) is 12.1 Å². The molecule has 2 bridgehead atoms. The molecule has 0 saturated carbocycles. The monoisotopic (exact) mass is 290 g/mol. The molecule has 0 spiro atoms. The number of nitrogens with two attached hydrogens (primary N) is 1. The first kappa shape index (κ1) is 14.7. The zero-order valence-electron chi connectivity index (χ0n) is 12.8. The van der Waals surface area contributed by atoms with Crippen molar-refractivity contribution in [2.75, 3.05) is 19.8 Å². The minimum absolute atomic E-state index is 0.401. The molecule has 4 heteroatoms. The van der Waals surface area contributed by atoms with Crippen LogP contribution in [0.15, 0.2) is 24.3 Å². The van der Waals surface area contributed by atoms with Gasteiger partial charge in [0.25, 0.3) is 0 Å². The summed E-state index contributed by atoms with van der Waals surface area (Å²) < 4.78 is 11.5. The van der Waals surface area contributed by atoms with E-state index in [9.17, 15) is 0 Å². The molecule has 0 radical (unpaired) electrons. The number of hydrogen-bond acceptors (Lipinski definition) is 4. The standard InChI is InChI=1S/C17H26N2O2/c1-2-20-16-5-3-4-6-17(16)21-10-9-19-14-7-8-15(19)12-13(18)11-14/h3-6,13-15H,2,7-12,18H2,1H3. The Morgan fingerprint density at radius 3 is 2.33 bits per heavy atom. The van der Waals surface area contributed by atoms with Gasteiger partial charge in [-0.2, -0.15) is 0 Å². The van der Waals surface area contributed by atoms with Crippen molar-refractivity contribution in [2.24, 2.45) is 5.73 Å². The quantitative estimate of drug-likeness (QED) is 0.874. The summed E-state index contributed by atoms with van der Waals surface area (Å²) in [7, 11) is 0. The van der Waals surface area contributed by atoms with E-state index < -0.39 is 0 Å². The van der Waals surface area contributed by atoms with Gasteiger partial charge in [-0.25, -0.2) is 0 Å². The highest BCUT2D eigenvalue weighted by Crippen LogP contribution is 2.35. The highest BCUT2D eigenvalue weighted by Gasteiger charge is 2.39. The maximum Gasteiger partial charge on any atom is 0.161 e. The van der Waals surface area contributed by atoms with Gasteiger partial charge in [0, 0.05) is 24.7 Å². The van der Waals surface area contributed by atoms with Crippen molar-refractivity contribution >= 4 is 0 Å². The molecule has 2 aliphatic heterocycles. The lowest BCUT2D eigenvalue weighted by Crippen LogP contribution is -2.48. The lowest BCUT2D eigenvalue weighted by Gasteiger charge is -2.37. The van der Waals surface area contributed by atoms with E-state index in [1.165, 1.54) is 12.8 Å². The summed E-state index contributed by atoms with van der Waals surface area (Å²) in [5.74, 6) is 1.68. The van der Waals surface area contributed by atoms with Gasteiger partial charge in [0.15, 0.2) is 11.5 Å². The summed E-state index contributed by atoms with van der Waals surface area (Å²) in [6.07, 6.45) is 4.89. The molecular weight excluding hydrogens is 264 g/mol. The molecule has 3 rings (SSSR count). The van der Waals surface area contributed by atoms with Gasteiger partial charge < -0.3 is 15.2 Å². The third-order valence-electron chi connectivity index (χ3n) is 4.68. The molecule has 2 saturated heterocycles. The Morgan fingerprint density at radius 2 is 1.71 bits per heavy atom. The molecule has 21 heavy (non-hydrogen) atoms. The molecule has 2 N–H and O–H groups in total. The van der Waals surface area contributed by atoms with E-state index >= 15 is 0 Å². The molecule has 2 fully saturated rings. The van der Waals surface area contributed by atoms with Gasteiger partial charge in [0.1, 0.15) is 6.61 Å². The van der Waals surface area contributed by atoms with E-state index in [2.05, 4.69) is 4.90 Å². The zero-order valence-corrected chi connectivity index (χ0v) is 12.8. The van der Waals surface area contributed by atoms with Crippen LogP contribution in [0.3, 0.4) is 0 Å². The number of piperidine rings is 1. The minimum atomic E-state index is 0.401. The summed E-state index contributed by atoms with van der Waals surface area (Å²) >= 11 is 0. The topological polar surface area (TPSA) is 47.7 Å². The van der Waals surface area contributed by atoms with Crippen LogP contribution >= 0.6 is 0 Å². The third kappa shape index (κ3) is 3.33. The fraction of sp³-hybridized carbons (Fsp3) is 0.647. The Kier molecular flexibility index (Phi) is 4.66. The highest BCUT2D eigenvalue weighted by atomic mass is 16.5. The van der Waals surface area contributed by atoms with Gasteiger partial charge >= 0.3 is 0 Å². The third-order valence-corrected chi connectivity index (χ3v) is 4.68. The number of fused-ring (bicyclic) bond motifs is 2. The van der Waals surface area contributed by atoms with E-state index in [0.29, 0.717) is 31.3 Å². The SMILES string of the molecule is CCOc1ccccc1OCCN1C2CCC1CC(N)C2. The van der Waals surface area contributed by atoms with E-state index in [1.54, 1.807) is 0 Å². The van der Waals surface area contributed by atoms with Crippen molar-refractivity contribution in [1.29, 1.82) is 0 Å². The maximum atomic E-state index is 6.12. The zero-order chi connectivity index (χ0) is 14.7. The predicted octanol–water partition coefficient (Wildman–Crippen LogP) is 2.42. The van der Waals surface area contributed by atoms with Crippen LogP contribution in [0.2, 0.25) is 0 Å². The second-order valence-corrected chi connectivity index (χ2v) is 6.08. The number of para-hydroxylation sites is 2. The number of nitrogens with zero attached hydrogens (tertiary/aromatic N) is 1. The number of benzene rings is 1. The Balaban J connectivity index is 1.53.